The first-order valence-electron chi connectivity index (χ1n) is 13.7. The van der Waals surface area contributed by atoms with Crippen LogP contribution in [0.4, 0.5) is 0 Å². The van der Waals surface area contributed by atoms with E-state index in [9.17, 15) is 4.79 Å². The monoisotopic (exact) mass is 422 g/mol. The molecule has 0 N–H and O–H groups in total. The van der Waals surface area contributed by atoms with E-state index in [1.807, 2.05) is 0 Å². The van der Waals surface area contributed by atoms with Crippen molar-refractivity contribution in [1.29, 1.82) is 0 Å². The highest BCUT2D eigenvalue weighted by Crippen LogP contribution is 2.46. The first-order chi connectivity index (χ1) is 15.2. The van der Waals surface area contributed by atoms with E-state index in [0.29, 0.717) is 23.5 Å². The van der Waals surface area contributed by atoms with Gasteiger partial charge < -0.3 is 0 Å². The first-order valence-corrected chi connectivity index (χ1v) is 13.7. The molecule has 172 valence electrons. The van der Waals surface area contributed by atoms with Crippen LogP contribution in [-0.2, 0) is 4.79 Å². The minimum atomic E-state index is 0.370. The molecule has 0 aromatic heterocycles. The summed E-state index contributed by atoms with van der Waals surface area (Å²) in [5, 5.41) is 0. The molecular weight excluding hydrogens is 376 g/mol. The molecule has 0 bridgehead atoms. The van der Waals surface area contributed by atoms with E-state index in [0.717, 1.165) is 30.1 Å². The summed E-state index contributed by atoms with van der Waals surface area (Å²) in [4.78, 5) is 13.2. The zero-order valence-electron chi connectivity index (χ0n) is 20.2. The Bertz CT molecular complexity index is 663. The number of Topliss-reactive ketones (excluding diaryl/α,β-unsaturated/α-hetero) is 1. The Morgan fingerprint density at radius 1 is 0.839 bits per heavy atom. The summed E-state index contributed by atoms with van der Waals surface area (Å²) in [6.45, 7) is 4.73. The lowest BCUT2D eigenvalue weighted by molar-refractivity contribution is -0.129. The molecule has 1 heteroatoms. The minimum absolute atomic E-state index is 0.370. The Hall–Kier alpha value is -1.11. The maximum atomic E-state index is 13.2. The summed E-state index contributed by atoms with van der Waals surface area (Å²) >= 11 is 0. The van der Waals surface area contributed by atoms with E-state index in [1.54, 1.807) is 0 Å². The van der Waals surface area contributed by atoms with Gasteiger partial charge in [0.25, 0.3) is 0 Å². The molecule has 3 fully saturated rings. The summed E-state index contributed by atoms with van der Waals surface area (Å²) < 4.78 is 0. The fourth-order valence-electron chi connectivity index (χ4n) is 7.50. The number of unbranched alkanes of at least 4 members (excludes halogenated alkanes) is 1. The normalized spacial score (nSPS) is 35.6. The molecule has 0 spiro atoms. The highest BCUT2D eigenvalue weighted by Gasteiger charge is 2.39. The number of benzene rings is 1. The number of rotatable bonds is 7. The molecule has 3 aliphatic rings. The lowest BCUT2D eigenvalue weighted by Crippen LogP contribution is -2.36. The van der Waals surface area contributed by atoms with Crippen LogP contribution in [-0.4, -0.2) is 5.78 Å². The van der Waals surface area contributed by atoms with Crippen LogP contribution in [0.3, 0.4) is 0 Å². The molecule has 4 rings (SSSR count). The Balaban J connectivity index is 1.22. The van der Waals surface area contributed by atoms with E-state index < -0.39 is 0 Å². The standard InChI is InChI=1S/C30H46O/c1-3-4-8-23-11-13-24(14-12-23)22(2)29-20-19-28(21-30(29)31)27-17-15-26(16-18-27)25-9-6-5-7-10-25/h5-7,9-10,22-24,26-29H,3-4,8,11-21H2,1-2H3/t22?,23-,24-,26-,27-,28-,29+/m1/s1. The van der Waals surface area contributed by atoms with Gasteiger partial charge in [0.05, 0.1) is 0 Å². The second kappa shape index (κ2) is 11.2. The molecule has 0 aliphatic heterocycles. The number of hydrogen-bond acceptors (Lipinski definition) is 1. The van der Waals surface area contributed by atoms with Gasteiger partial charge in [0.2, 0.25) is 0 Å². The van der Waals surface area contributed by atoms with Gasteiger partial charge in [-0.25, -0.2) is 0 Å². The van der Waals surface area contributed by atoms with Gasteiger partial charge in [-0.05, 0) is 92.4 Å². The maximum absolute atomic E-state index is 13.2. The van der Waals surface area contributed by atoms with Crippen LogP contribution in [0.15, 0.2) is 30.3 Å². The highest BCUT2D eigenvalue weighted by molar-refractivity contribution is 5.82. The average Bonchev–Trinajstić information content (AvgIpc) is 2.83. The van der Waals surface area contributed by atoms with Crippen molar-refractivity contribution in [3.8, 4) is 0 Å². The highest BCUT2D eigenvalue weighted by atomic mass is 16.1. The molecule has 1 aromatic carbocycles. The van der Waals surface area contributed by atoms with Crippen LogP contribution in [0.1, 0.15) is 115 Å². The molecule has 3 saturated carbocycles. The predicted octanol–water partition coefficient (Wildman–Crippen LogP) is 8.58. The summed E-state index contributed by atoms with van der Waals surface area (Å²) in [6, 6.07) is 11.1. The zero-order valence-corrected chi connectivity index (χ0v) is 20.2. The van der Waals surface area contributed by atoms with Crippen LogP contribution < -0.4 is 0 Å². The Kier molecular flexibility index (Phi) is 8.30. The number of hydrogen-bond donors (Lipinski definition) is 0. The average molecular weight is 423 g/mol. The molecule has 0 heterocycles. The van der Waals surface area contributed by atoms with Gasteiger partial charge in [0.15, 0.2) is 0 Å². The second-order valence-electron chi connectivity index (χ2n) is 11.4. The second-order valence-corrected chi connectivity index (χ2v) is 11.4. The Morgan fingerprint density at radius 2 is 1.52 bits per heavy atom. The van der Waals surface area contributed by atoms with Crippen LogP contribution in [0.25, 0.3) is 0 Å². The minimum Gasteiger partial charge on any atom is -0.299 e. The molecule has 0 amide bonds. The fraction of sp³-hybridized carbons (Fsp3) is 0.767. The first kappa shape index (κ1) is 23.1. The van der Waals surface area contributed by atoms with Crippen molar-refractivity contribution < 1.29 is 4.79 Å². The van der Waals surface area contributed by atoms with Crippen molar-refractivity contribution in [1.82, 2.24) is 0 Å². The van der Waals surface area contributed by atoms with Crippen LogP contribution in [0, 0.1) is 35.5 Å². The third-order valence-corrected chi connectivity index (χ3v) is 9.67. The lowest BCUT2D eigenvalue weighted by Gasteiger charge is -2.41. The molecule has 31 heavy (non-hydrogen) atoms. The molecule has 3 atom stereocenters. The lowest BCUT2D eigenvalue weighted by atomic mass is 9.63. The summed E-state index contributed by atoms with van der Waals surface area (Å²) in [6.07, 6.45) is 18.5. The van der Waals surface area contributed by atoms with Gasteiger partial charge in [-0.3, -0.25) is 4.79 Å². The largest absolute Gasteiger partial charge is 0.299 e. The predicted molar refractivity (Wildman–Crippen MR) is 131 cm³/mol. The van der Waals surface area contributed by atoms with Gasteiger partial charge in [-0.1, -0.05) is 76.3 Å². The number of ketones is 1. The SMILES string of the molecule is CCCC[C@H]1CC[C@H](C(C)[C@@H]2CC[C@@H]([C@H]3CC[C@H](c4ccccc4)CC3)CC2=O)CC1. The molecule has 1 aromatic rings. The van der Waals surface area contributed by atoms with Crippen LogP contribution in [0.2, 0.25) is 0 Å². The third kappa shape index (κ3) is 5.82. The van der Waals surface area contributed by atoms with Crippen molar-refractivity contribution in [3.63, 3.8) is 0 Å². The number of carbonyl (C=O) groups is 1. The van der Waals surface area contributed by atoms with Crippen LogP contribution in [0.5, 0.6) is 0 Å². The molecular formula is C30H46O. The van der Waals surface area contributed by atoms with E-state index in [1.165, 1.54) is 89.0 Å². The van der Waals surface area contributed by atoms with Crippen molar-refractivity contribution in [2.24, 2.45) is 35.5 Å². The van der Waals surface area contributed by atoms with Crippen molar-refractivity contribution in [2.45, 2.75) is 110 Å². The van der Waals surface area contributed by atoms with Gasteiger partial charge in [0.1, 0.15) is 5.78 Å². The molecule has 1 nitrogen and oxygen atoms in total. The van der Waals surface area contributed by atoms with Crippen LogP contribution >= 0.6 is 0 Å². The van der Waals surface area contributed by atoms with E-state index in [-0.39, 0.29) is 0 Å². The van der Waals surface area contributed by atoms with Crippen molar-refractivity contribution in [2.75, 3.05) is 0 Å². The van der Waals surface area contributed by atoms with E-state index >= 15 is 0 Å². The van der Waals surface area contributed by atoms with Gasteiger partial charge in [-0.2, -0.15) is 0 Å². The molecule has 0 saturated heterocycles. The summed E-state index contributed by atoms with van der Waals surface area (Å²) in [5.41, 5.74) is 1.53. The quantitative estimate of drug-likeness (QED) is 0.430. The maximum Gasteiger partial charge on any atom is 0.136 e. The van der Waals surface area contributed by atoms with Gasteiger partial charge in [-0.15, -0.1) is 0 Å². The zero-order chi connectivity index (χ0) is 21.6. The van der Waals surface area contributed by atoms with Gasteiger partial charge >= 0.3 is 0 Å². The summed E-state index contributed by atoms with van der Waals surface area (Å²) in [7, 11) is 0. The summed E-state index contributed by atoms with van der Waals surface area (Å²) in [5.74, 6) is 5.62. The number of carbonyl (C=O) groups excluding carboxylic acids is 1. The molecule has 3 aliphatic carbocycles. The van der Waals surface area contributed by atoms with Crippen molar-refractivity contribution in [3.05, 3.63) is 35.9 Å². The smallest absolute Gasteiger partial charge is 0.136 e. The Labute approximate surface area is 191 Å². The van der Waals surface area contributed by atoms with E-state index in [4.69, 9.17) is 0 Å². The topological polar surface area (TPSA) is 17.1 Å². The van der Waals surface area contributed by atoms with Crippen molar-refractivity contribution >= 4 is 5.78 Å². The Morgan fingerprint density at radius 3 is 2.16 bits per heavy atom. The molecule has 0 radical (unpaired) electrons. The van der Waals surface area contributed by atoms with Gasteiger partial charge in [0, 0.05) is 12.3 Å². The fourth-order valence-corrected chi connectivity index (χ4v) is 7.50. The third-order valence-electron chi connectivity index (χ3n) is 9.67. The molecule has 1 unspecified atom stereocenters. The van der Waals surface area contributed by atoms with E-state index in [2.05, 4.69) is 44.2 Å².